The van der Waals surface area contributed by atoms with E-state index in [-0.39, 0.29) is 5.91 Å². The highest BCUT2D eigenvalue weighted by Crippen LogP contribution is 2.35. The maximum absolute atomic E-state index is 11.2. The van der Waals surface area contributed by atoms with Crippen molar-refractivity contribution in [2.45, 2.75) is 19.8 Å². The zero-order valence-corrected chi connectivity index (χ0v) is 7.66. The van der Waals surface area contributed by atoms with E-state index in [9.17, 15) is 4.79 Å². The largest absolute Gasteiger partial charge is 0.285 e. The third-order valence-corrected chi connectivity index (χ3v) is 2.32. The second-order valence-corrected chi connectivity index (χ2v) is 3.42. The number of nitrogens with zero attached hydrogens (tertiary/aromatic N) is 2. The van der Waals surface area contributed by atoms with Gasteiger partial charge in [0, 0.05) is 25.2 Å². The predicted molar refractivity (Wildman–Crippen MR) is 51.0 cm³/mol. The van der Waals surface area contributed by atoms with Crippen LogP contribution in [0.3, 0.4) is 0 Å². The molecule has 3 nitrogen and oxygen atoms in total. The van der Waals surface area contributed by atoms with E-state index < -0.39 is 0 Å². The Kier molecular flexibility index (Phi) is 1.79. The highest BCUT2D eigenvalue weighted by molar-refractivity contribution is 6.06. The Balaban J connectivity index is 2.22. The Hall–Kier alpha value is -1.38. The van der Waals surface area contributed by atoms with E-state index in [4.69, 9.17) is 0 Å². The van der Waals surface area contributed by atoms with Crippen molar-refractivity contribution in [2.75, 3.05) is 0 Å². The molecule has 1 fully saturated rings. The third kappa shape index (κ3) is 1.41. The minimum absolute atomic E-state index is 0.00528. The molecule has 0 N–H and O–H groups in total. The molecule has 13 heavy (non-hydrogen) atoms. The number of allylic oxidation sites excluding steroid dienone is 1. The van der Waals surface area contributed by atoms with E-state index in [0.717, 1.165) is 11.4 Å². The highest BCUT2D eigenvalue weighted by atomic mass is 16.2. The van der Waals surface area contributed by atoms with Crippen LogP contribution in [0, 0.1) is 5.92 Å². The molecular weight excluding hydrogens is 164 g/mol. The van der Waals surface area contributed by atoms with Crippen LogP contribution in [-0.4, -0.2) is 16.5 Å². The van der Waals surface area contributed by atoms with E-state index in [1.807, 2.05) is 0 Å². The predicted octanol–water partition coefficient (Wildman–Crippen LogP) is 1.68. The first-order valence-corrected chi connectivity index (χ1v) is 4.43. The molecule has 0 aromatic rings. The number of hydrogen-bond acceptors (Lipinski definition) is 2. The summed E-state index contributed by atoms with van der Waals surface area (Å²) in [6.45, 7) is 5.42. The number of amides is 1. The van der Waals surface area contributed by atoms with Crippen LogP contribution in [0.4, 0.5) is 0 Å². The van der Waals surface area contributed by atoms with Gasteiger partial charge in [-0.2, -0.15) is 0 Å². The molecule has 2 rings (SSSR count). The standard InChI is InChI=1S/C10H12N2O/c1-7-10(9-3-4-9)11-5-6-12(7)8(2)13/h5-6,9H,1,3-4H2,2H3. The van der Waals surface area contributed by atoms with E-state index in [1.54, 1.807) is 17.3 Å². The first kappa shape index (κ1) is 8.23. The molecule has 68 valence electrons. The van der Waals surface area contributed by atoms with Gasteiger partial charge in [0.2, 0.25) is 5.91 Å². The van der Waals surface area contributed by atoms with Gasteiger partial charge < -0.3 is 0 Å². The molecule has 1 aliphatic heterocycles. The molecule has 0 atom stereocenters. The van der Waals surface area contributed by atoms with Crippen molar-refractivity contribution < 1.29 is 4.79 Å². The fourth-order valence-corrected chi connectivity index (χ4v) is 1.46. The number of carbonyl (C=O) groups excluding carboxylic acids is 1. The summed E-state index contributed by atoms with van der Waals surface area (Å²) < 4.78 is 0. The van der Waals surface area contributed by atoms with Gasteiger partial charge in [0.25, 0.3) is 0 Å². The second kappa shape index (κ2) is 2.83. The lowest BCUT2D eigenvalue weighted by Gasteiger charge is -2.22. The van der Waals surface area contributed by atoms with Gasteiger partial charge in [0.15, 0.2) is 0 Å². The average Bonchev–Trinajstić information content (AvgIpc) is 2.87. The lowest BCUT2D eigenvalue weighted by atomic mass is 10.1. The molecule has 1 saturated carbocycles. The van der Waals surface area contributed by atoms with Gasteiger partial charge in [-0.1, -0.05) is 6.58 Å². The lowest BCUT2D eigenvalue weighted by Crippen LogP contribution is -2.29. The SMILES string of the molecule is C=C1C(C2CC2)=NC=CN1C(C)=O. The summed E-state index contributed by atoms with van der Waals surface area (Å²) in [4.78, 5) is 17.0. The van der Waals surface area contributed by atoms with Crippen molar-refractivity contribution in [1.82, 2.24) is 4.90 Å². The van der Waals surface area contributed by atoms with Gasteiger partial charge in [-0.25, -0.2) is 0 Å². The normalized spacial score (nSPS) is 21.8. The fraction of sp³-hybridized carbons (Fsp3) is 0.400. The molecule has 0 saturated heterocycles. The summed E-state index contributed by atoms with van der Waals surface area (Å²) in [6.07, 6.45) is 5.69. The quantitative estimate of drug-likeness (QED) is 0.598. The number of aliphatic imine (C=N–C) groups is 1. The molecule has 0 aromatic heterocycles. The van der Waals surface area contributed by atoms with Gasteiger partial charge in [0.05, 0.1) is 11.4 Å². The molecule has 0 radical (unpaired) electrons. The summed E-state index contributed by atoms with van der Waals surface area (Å²) >= 11 is 0. The Morgan fingerprint density at radius 1 is 1.69 bits per heavy atom. The molecule has 1 amide bonds. The van der Waals surface area contributed by atoms with Crippen LogP contribution in [0.1, 0.15) is 19.8 Å². The Bertz CT molecular complexity index is 324. The molecule has 1 heterocycles. The maximum Gasteiger partial charge on any atom is 0.228 e. The Morgan fingerprint density at radius 2 is 2.38 bits per heavy atom. The molecule has 0 unspecified atom stereocenters. The molecule has 0 bridgehead atoms. The summed E-state index contributed by atoms with van der Waals surface area (Å²) in [5, 5.41) is 0. The van der Waals surface area contributed by atoms with Crippen LogP contribution in [0.25, 0.3) is 0 Å². The monoisotopic (exact) mass is 176 g/mol. The molecule has 0 spiro atoms. The van der Waals surface area contributed by atoms with E-state index in [0.29, 0.717) is 5.92 Å². The first-order chi connectivity index (χ1) is 6.20. The first-order valence-electron chi connectivity index (χ1n) is 4.43. The Morgan fingerprint density at radius 3 is 2.92 bits per heavy atom. The van der Waals surface area contributed by atoms with E-state index in [1.165, 1.54) is 19.8 Å². The minimum Gasteiger partial charge on any atom is -0.285 e. The fourth-order valence-electron chi connectivity index (χ4n) is 1.46. The van der Waals surface area contributed by atoms with Crippen molar-refractivity contribution in [3.8, 4) is 0 Å². The van der Waals surface area contributed by atoms with Crippen LogP contribution in [0.15, 0.2) is 29.7 Å². The molecule has 0 aromatic carbocycles. The smallest absolute Gasteiger partial charge is 0.228 e. The summed E-state index contributed by atoms with van der Waals surface area (Å²) in [5.74, 6) is 0.536. The zero-order chi connectivity index (χ0) is 9.42. The Labute approximate surface area is 77.4 Å². The van der Waals surface area contributed by atoms with Gasteiger partial charge >= 0.3 is 0 Å². The van der Waals surface area contributed by atoms with Crippen molar-refractivity contribution in [1.29, 1.82) is 0 Å². The van der Waals surface area contributed by atoms with Gasteiger partial charge in [-0.3, -0.25) is 14.7 Å². The van der Waals surface area contributed by atoms with Gasteiger partial charge in [-0.05, 0) is 12.8 Å². The summed E-state index contributed by atoms with van der Waals surface area (Å²) in [7, 11) is 0. The van der Waals surface area contributed by atoms with Crippen LogP contribution < -0.4 is 0 Å². The number of carbonyl (C=O) groups is 1. The van der Waals surface area contributed by atoms with Crippen molar-refractivity contribution in [3.63, 3.8) is 0 Å². The van der Waals surface area contributed by atoms with Crippen LogP contribution >= 0.6 is 0 Å². The summed E-state index contributed by atoms with van der Waals surface area (Å²) in [5.41, 5.74) is 1.73. The highest BCUT2D eigenvalue weighted by Gasteiger charge is 2.32. The van der Waals surface area contributed by atoms with Crippen LogP contribution in [0.5, 0.6) is 0 Å². The topological polar surface area (TPSA) is 32.7 Å². The molecule has 2 aliphatic rings. The van der Waals surface area contributed by atoms with E-state index in [2.05, 4.69) is 11.6 Å². The van der Waals surface area contributed by atoms with Crippen molar-refractivity contribution >= 4 is 11.6 Å². The van der Waals surface area contributed by atoms with Crippen molar-refractivity contribution in [2.24, 2.45) is 10.9 Å². The summed E-state index contributed by atoms with van der Waals surface area (Å²) in [6, 6.07) is 0. The van der Waals surface area contributed by atoms with Gasteiger partial charge in [0.1, 0.15) is 0 Å². The van der Waals surface area contributed by atoms with Crippen LogP contribution in [0.2, 0.25) is 0 Å². The van der Waals surface area contributed by atoms with Gasteiger partial charge in [-0.15, -0.1) is 0 Å². The lowest BCUT2D eigenvalue weighted by molar-refractivity contribution is -0.124. The number of hydrogen-bond donors (Lipinski definition) is 0. The molecule has 3 heteroatoms. The van der Waals surface area contributed by atoms with E-state index >= 15 is 0 Å². The zero-order valence-electron chi connectivity index (χ0n) is 7.66. The number of rotatable bonds is 1. The minimum atomic E-state index is -0.00528. The average molecular weight is 176 g/mol. The third-order valence-electron chi connectivity index (χ3n) is 2.32. The molecule has 1 aliphatic carbocycles. The maximum atomic E-state index is 11.2. The molecular formula is C10H12N2O. The van der Waals surface area contributed by atoms with Crippen LogP contribution in [-0.2, 0) is 4.79 Å². The second-order valence-electron chi connectivity index (χ2n) is 3.42. The van der Waals surface area contributed by atoms with Crippen molar-refractivity contribution in [3.05, 3.63) is 24.7 Å².